The number of aromatic nitrogens is 4. The van der Waals surface area contributed by atoms with Gasteiger partial charge >= 0.3 is 0 Å². The molecule has 2 aromatic heterocycles. The molecule has 1 N–H and O–H groups in total. The fourth-order valence-corrected chi connectivity index (χ4v) is 4.60. The molecular weight excluding hydrogens is 382 g/mol. The number of hydrogen-bond donors (Lipinski definition) is 1. The van der Waals surface area contributed by atoms with E-state index < -0.39 is 0 Å². The molecule has 1 aromatic carbocycles. The van der Waals surface area contributed by atoms with Crippen molar-refractivity contribution in [2.24, 2.45) is 0 Å². The van der Waals surface area contributed by atoms with Crippen molar-refractivity contribution in [3.63, 3.8) is 0 Å². The van der Waals surface area contributed by atoms with Crippen molar-refractivity contribution in [1.82, 2.24) is 24.8 Å². The fourth-order valence-electron chi connectivity index (χ4n) is 4.14. The number of fused-ring (bicyclic) bond motifs is 1. The molecule has 152 valence electrons. The summed E-state index contributed by atoms with van der Waals surface area (Å²) in [5, 5.41) is 0.791. The predicted molar refractivity (Wildman–Crippen MR) is 116 cm³/mol. The maximum Gasteiger partial charge on any atom is 0.222 e. The van der Waals surface area contributed by atoms with Gasteiger partial charge in [-0.3, -0.25) is 4.79 Å². The lowest BCUT2D eigenvalue weighted by atomic mass is 9.96. The van der Waals surface area contributed by atoms with E-state index in [9.17, 15) is 4.79 Å². The highest BCUT2D eigenvalue weighted by molar-refractivity contribution is 7.98. The van der Waals surface area contributed by atoms with Crippen LogP contribution in [0, 0.1) is 13.8 Å². The van der Waals surface area contributed by atoms with E-state index >= 15 is 0 Å². The van der Waals surface area contributed by atoms with E-state index in [2.05, 4.69) is 15.0 Å². The molecule has 4 rings (SSSR count). The first kappa shape index (κ1) is 19.9. The summed E-state index contributed by atoms with van der Waals surface area (Å²) in [6.07, 6.45) is 5.24. The predicted octanol–water partition coefficient (Wildman–Crippen LogP) is 4.03. The maximum atomic E-state index is 12.9. The number of amides is 1. The molecule has 1 aliphatic heterocycles. The van der Waals surface area contributed by atoms with E-state index in [1.54, 1.807) is 11.8 Å². The van der Waals surface area contributed by atoms with Crippen LogP contribution < -0.4 is 0 Å². The molecule has 1 saturated heterocycles. The molecule has 29 heavy (non-hydrogen) atoms. The maximum absolute atomic E-state index is 12.9. The molecule has 0 spiro atoms. The quantitative estimate of drug-likeness (QED) is 0.509. The highest BCUT2D eigenvalue weighted by Crippen LogP contribution is 2.27. The fraction of sp³-hybridized carbons (Fsp3) is 0.455. The third-order valence-electron chi connectivity index (χ3n) is 5.74. The van der Waals surface area contributed by atoms with E-state index in [0.29, 0.717) is 12.8 Å². The molecule has 7 heteroatoms. The molecule has 0 aliphatic carbocycles. The van der Waals surface area contributed by atoms with Crippen LogP contribution in [0.25, 0.3) is 11.0 Å². The van der Waals surface area contributed by atoms with Crippen LogP contribution >= 0.6 is 11.8 Å². The average Bonchev–Trinajstić information content (AvgIpc) is 3.17. The number of nitrogens with zero attached hydrogens (tertiary/aromatic N) is 4. The van der Waals surface area contributed by atoms with E-state index in [0.717, 1.165) is 64.9 Å². The van der Waals surface area contributed by atoms with Crippen LogP contribution in [0.1, 0.15) is 48.0 Å². The van der Waals surface area contributed by atoms with Crippen LogP contribution in [-0.4, -0.2) is 50.1 Å². The number of likely N-dealkylation sites (tertiary alicyclic amines) is 1. The average molecular weight is 410 g/mol. The SMILES string of the molecule is CSc1nc(C)c(CCC(=O)N2CCCC(c3nc4ccccc4[nH]3)C2)c(C)n1. The van der Waals surface area contributed by atoms with Gasteiger partial charge < -0.3 is 9.88 Å². The Morgan fingerprint density at radius 3 is 2.69 bits per heavy atom. The van der Waals surface area contributed by atoms with Crippen LogP contribution in [-0.2, 0) is 11.2 Å². The molecule has 0 radical (unpaired) electrons. The Morgan fingerprint density at radius 2 is 1.97 bits per heavy atom. The first-order valence-corrected chi connectivity index (χ1v) is 11.4. The summed E-state index contributed by atoms with van der Waals surface area (Å²) in [7, 11) is 0. The van der Waals surface area contributed by atoms with Gasteiger partial charge in [-0.05, 0) is 57.1 Å². The lowest BCUT2D eigenvalue weighted by molar-refractivity contribution is -0.132. The highest BCUT2D eigenvalue weighted by atomic mass is 32.2. The van der Waals surface area contributed by atoms with Crippen LogP contribution in [0.3, 0.4) is 0 Å². The second kappa shape index (κ2) is 8.53. The van der Waals surface area contributed by atoms with E-state index in [4.69, 9.17) is 4.98 Å². The molecule has 1 amide bonds. The van der Waals surface area contributed by atoms with Crippen LogP contribution in [0.15, 0.2) is 29.4 Å². The first-order valence-electron chi connectivity index (χ1n) is 10.2. The zero-order chi connectivity index (χ0) is 20.4. The largest absolute Gasteiger partial charge is 0.342 e. The monoisotopic (exact) mass is 409 g/mol. The van der Waals surface area contributed by atoms with E-state index in [1.165, 1.54) is 0 Å². The Bertz CT molecular complexity index is 975. The number of H-pyrrole nitrogens is 1. The lowest BCUT2D eigenvalue weighted by Crippen LogP contribution is -2.39. The van der Waals surface area contributed by atoms with Crippen molar-refractivity contribution in [2.75, 3.05) is 19.3 Å². The molecule has 1 unspecified atom stereocenters. The van der Waals surface area contributed by atoms with Gasteiger partial charge in [-0.2, -0.15) is 0 Å². The number of para-hydroxylation sites is 2. The standard InChI is InChI=1S/C22H27N5OS/c1-14-17(15(2)24-22(23-14)29-3)10-11-20(28)27-12-6-7-16(13-27)21-25-18-8-4-5-9-19(18)26-21/h4-5,8-9,16H,6-7,10-13H2,1-3H3,(H,25,26). The minimum atomic E-state index is 0.207. The van der Waals surface area contributed by atoms with Crippen molar-refractivity contribution in [2.45, 2.75) is 50.6 Å². The zero-order valence-corrected chi connectivity index (χ0v) is 18.1. The number of benzene rings is 1. The number of aryl methyl sites for hydroxylation is 2. The first-order chi connectivity index (χ1) is 14.0. The van der Waals surface area contributed by atoms with Gasteiger partial charge in [0.05, 0.1) is 11.0 Å². The second-order valence-corrected chi connectivity index (χ2v) is 8.45. The summed E-state index contributed by atoms with van der Waals surface area (Å²) in [5.74, 6) is 1.47. The molecule has 0 saturated carbocycles. The number of imidazole rings is 1. The summed E-state index contributed by atoms with van der Waals surface area (Å²) < 4.78 is 0. The van der Waals surface area contributed by atoms with Crippen molar-refractivity contribution in [1.29, 1.82) is 0 Å². The van der Waals surface area contributed by atoms with Crippen LogP contribution in [0.4, 0.5) is 0 Å². The van der Waals surface area contributed by atoms with Gasteiger partial charge in [0.1, 0.15) is 5.82 Å². The molecule has 1 aliphatic rings. The Hall–Kier alpha value is -2.41. The molecule has 1 fully saturated rings. The van der Waals surface area contributed by atoms with Crippen molar-refractivity contribution < 1.29 is 4.79 Å². The normalized spacial score (nSPS) is 17.1. The number of nitrogens with one attached hydrogen (secondary N) is 1. The Labute approximate surface area is 175 Å². The summed E-state index contributed by atoms with van der Waals surface area (Å²) in [5.41, 5.74) is 5.11. The lowest BCUT2D eigenvalue weighted by Gasteiger charge is -2.32. The molecule has 0 bridgehead atoms. The number of piperidine rings is 1. The van der Waals surface area contributed by atoms with Crippen molar-refractivity contribution in [3.05, 3.63) is 47.0 Å². The Morgan fingerprint density at radius 1 is 1.21 bits per heavy atom. The van der Waals surface area contributed by atoms with E-state index in [1.807, 2.05) is 49.3 Å². The number of thioether (sulfide) groups is 1. The molecule has 3 heterocycles. The summed E-state index contributed by atoms with van der Waals surface area (Å²) in [6.45, 7) is 5.58. The van der Waals surface area contributed by atoms with Gasteiger partial charge in [0.2, 0.25) is 5.91 Å². The topological polar surface area (TPSA) is 74.8 Å². The van der Waals surface area contributed by atoms with Gasteiger partial charge in [-0.1, -0.05) is 23.9 Å². The molecule has 1 atom stereocenters. The van der Waals surface area contributed by atoms with Gasteiger partial charge in [0.25, 0.3) is 0 Å². The second-order valence-electron chi connectivity index (χ2n) is 7.68. The summed E-state index contributed by atoms with van der Waals surface area (Å²) in [6, 6.07) is 8.09. The van der Waals surface area contributed by atoms with Crippen LogP contribution in [0.2, 0.25) is 0 Å². The molecular formula is C22H27N5OS. The van der Waals surface area contributed by atoms with E-state index in [-0.39, 0.29) is 11.8 Å². The smallest absolute Gasteiger partial charge is 0.222 e. The molecule has 3 aromatic rings. The van der Waals surface area contributed by atoms with Gasteiger partial charge in [0.15, 0.2) is 5.16 Å². The summed E-state index contributed by atoms with van der Waals surface area (Å²) in [4.78, 5) is 32.2. The number of carbonyl (C=O) groups excluding carboxylic acids is 1. The van der Waals surface area contributed by atoms with Gasteiger partial charge in [0, 0.05) is 36.8 Å². The van der Waals surface area contributed by atoms with Crippen molar-refractivity contribution >= 4 is 28.7 Å². The minimum Gasteiger partial charge on any atom is -0.342 e. The third-order valence-corrected chi connectivity index (χ3v) is 6.29. The number of hydrogen-bond acceptors (Lipinski definition) is 5. The summed E-state index contributed by atoms with van der Waals surface area (Å²) >= 11 is 1.55. The zero-order valence-electron chi connectivity index (χ0n) is 17.2. The third kappa shape index (κ3) is 4.29. The van der Waals surface area contributed by atoms with Gasteiger partial charge in [-0.15, -0.1) is 0 Å². The number of rotatable bonds is 5. The Kier molecular flexibility index (Phi) is 5.85. The van der Waals surface area contributed by atoms with Crippen molar-refractivity contribution in [3.8, 4) is 0 Å². The molecule has 6 nitrogen and oxygen atoms in total. The highest BCUT2D eigenvalue weighted by Gasteiger charge is 2.26. The van der Waals surface area contributed by atoms with Gasteiger partial charge in [-0.25, -0.2) is 15.0 Å². The Balaban J connectivity index is 1.41. The van der Waals surface area contributed by atoms with Crippen LogP contribution in [0.5, 0.6) is 0 Å². The minimum absolute atomic E-state index is 0.207. The number of aromatic amines is 1. The number of carbonyl (C=O) groups is 1.